The molecule has 0 aliphatic heterocycles. The Bertz CT molecular complexity index is 1980. The monoisotopic (exact) mass is 1270 g/mol. The number of carbonyl (C=O) groups excluding carboxylic acids is 3. The van der Waals surface area contributed by atoms with E-state index in [9.17, 15) is 43.5 Å². The maximum Gasteiger partial charge on any atom is 0.472 e. The van der Waals surface area contributed by atoms with Crippen molar-refractivity contribution in [3.8, 4) is 0 Å². The normalized spacial score (nSPS) is 14.9. The number of phosphoric ester groups is 2. The number of aliphatic hydroxyl groups excluding tert-OH is 2. The van der Waals surface area contributed by atoms with E-state index >= 15 is 0 Å². The lowest BCUT2D eigenvalue weighted by Crippen LogP contribution is -2.30. The van der Waals surface area contributed by atoms with E-state index in [1.54, 1.807) is 0 Å². The van der Waals surface area contributed by atoms with Gasteiger partial charge in [-0.3, -0.25) is 32.5 Å². The smallest absolute Gasteiger partial charge is 0.463 e. The number of hydrogen-bond acceptors (Lipinski definition) is 14. The van der Waals surface area contributed by atoms with Gasteiger partial charge in [0.25, 0.3) is 0 Å². The third-order valence-corrected chi connectivity index (χ3v) is 15.7. The Morgan fingerprint density at radius 3 is 0.966 bits per heavy atom. The van der Waals surface area contributed by atoms with Crippen LogP contribution in [0.25, 0.3) is 0 Å². The zero-order valence-electron chi connectivity index (χ0n) is 54.2. The number of unbranched alkanes of at least 4 members (excludes halogenated alkanes) is 24. The predicted molar refractivity (Wildman–Crippen MR) is 353 cm³/mol. The fourth-order valence-electron chi connectivity index (χ4n) is 8.73. The number of carbonyl (C=O) groups is 3. The van der Waals surface area contributed by atoms with Gasteiger partial charge in [-0.1, -0.05) is 246 Å². The van der Waals surface area contributed by atoms with Gasteiger partial charge in [0, 0.05) is 19.3 Å². The van der Waals surface area contributed by atoms with Crippen molar-refractivity contribution >= 4 is 33.6 Å². The summed E-state index contributed by atoms with van der Waals surface area (Å²) in [4.78, 5) is 58.3. The van der Waals surface area contributed by atoms with Crippen LogP contribution < -0.4 is 0 Å². The Labute approximate surface area is 527 Å². The van der Waals surface area contributed by atoms with Crippen LogP contribution in [-0.2, 0) is 55.8 Å². The number of aliphatic hydroxyl groups is 2. The van der Waals surface area contributed by atoms with Crippen molar-refractivity contribution in [2.24, 2.45) is 0 Å². The molecule has 0 bridgehead atoms. The summed E-state index contributed by atoms with van der Waals surface area (Å²) in [5, 5.41) is 20.5. The molecule has 0 amide bonds. The van der Waals surface area contributed by atoms with Crippen molar-refractivity contribution in [2.75, 3.05) is 39.6 Å². The average Bonchev–Trinajstić information content (AvgIpc) is 3.63. The highest BCUT2D eigenvalue weighted by Crippen LogP contribution is 2.45. The van der Waals surface area contributed by atoms with Crippen LogP contribution >= 0.6 is 15.6 Å². The highest BCUT2D eigenvalue weighted by Gasteiger charge is 2.29. The van der Waals surface area contributed by atoms with Gasteiger partial charge in [0.15, 0.2) is 6.10 Å². The first-order chi connectivity index (χ1) is 42.2. The third-order valence-electron chi connectivity index (χ3n) is 13.8. The van der Waals surface area contributed by atoms with Gasteiger partial charge in [-0.15, -0.1) is 0 Å². The van der Waals surface area contributed by atoms with E-state index in [-0.39, 0.29) is 19.3 Å². The lowest BCUT2D eigenvalue weighted by Gasteiger charge is -2.21. The van der Waals surface area contributed by atoms with Gasteiger partial charge in [-0.05, 0) is 96.3 Å². The Kier molecular flexibility index (Phi) is 60.1. The molecule has 0 aromatic heterocycles. The standard InChI is InChI=1S/C69H120O16P2/c1-4-7-10-13-16-19-22-25-27-28-29-30-31-32-33-34-36-39-40-43-46-49-52-55-67(72)79-58-64(70)59-81-86(75,76)82-60-65(71)61-83-87(77,78)84-63-66(85-69(74)57-54-51-48-45-42-37-24-21-18-15-12-9-6-3)62-80-68(73)56-53-50-47-44-41-38-35-26-23-20-17-14-11-8-5-2/h7-8,10-11,16-17,19-20,25-27,29-30,32-33,35,64-66,70-71H,4-6,9,12-15,18,21-24,28,31,34,36-63H2,1-3H3,(H,75,76)(H,77,78)/b10-7-,11-8-,19-16-,20-17-,27-25-,30-29-,33-32-,35-26-. The molecule has 0 saturated carbocycles. The maximum absolute atomic E-state index is 12.9. The molecule has 0 rings (SSSR count). The largest absolute Gasteiger partial charge is 0.472 e. The van der Waals surface area contributed by atoms with E-state index in [2.05, 4.69) is 118 Å². The second-order valence-electron chi connectivity index (χ2n) is 22.2. The van der Waals surface area contributed by atoms with Gasteiger partial charge in [-0.2, -0.15) is 0 Å². The minimum atomic E-state index is -4.92. The molecular weight excluding hydrogens is 1150 g/mol. The molecule has 0 spiro atoms. The van der Waals surface area contributed by atoms with E-state index in [4.69, 9.17) is 32.3 Å². The number of allylic oxidation sites excluding steroid dienone is 16. The first-order valence-corrected chi connectivity index (χ1v) is 36.5. The minimum absolute atomic E-state index is 0.103. The van der Waals surface area contributed by atoms with Gasteiger partial charge in [0.2, 0.25) is 0 Å². The van der Waals surface area contributed by atoms with Crippen molar-refractivity contribution < 1.29 is 75.8 Å². The van der Waals surface area contributed by atoms with Crippen molar-refractivity contribution in [3.05, 3.63) is 97.2 Å². The second kappa shape index (κ2) is 62.7. The van der Waals surface area contributed by atoms with Crippen LogP contribution in [0, 0.1) is 0 Å². The molecule has 0 radical (unpaired) electrons. The molecule has 0 aliphatic carbocycles. The van der Waals surface area contributed by atoms with Crippen LogP contribution in [0.15, 0.2) is 97.2 Å². The fourth-order valence-corrected chi connectivity index (χ4v) is 10.3. The summed E-state index contributed by atoms with van der Waals surface area (Å²) >= 11 is 0. The van der Waals surface area contributed by atoms with Crippen molar-refractivity contribution in [2.45, 2.75) is 283 Å². The molecule has 16 nitrogen and oxygen atoms in total. The number of rotatable bonds is 63. The molecular formula is C69H120O16P2. The maximum atomic E-state index is 12.9. The van der Waals surface area contributed by atoms with Crippen LogP contribution in [0.3, 0.4) is 0 Å². The fraction of sp³-hybridized carbons (Fsp3) is 0.725. The molecule has 87 heavy (non-hydrogen) atoms. The van der Waals surface area contributed by atoms with Gasteiger partial charge >= 0.3 is 33.6 Å². The predicted octanol–water partition coefficient (Wildman–Crippen LogP) is 18.3. The molecule has 4 N–H and O–H groups in total. The Morgan fingerprint density at radius 1 is 0.333 bits per heavy atom. The van der Waals surface area contributed by atoms with Gasteiger partial charge in [0.05, 0.1) is 26.4 Å². The lowest BCUT2D eigenvalue weighted by atomic mass is 10.0. The number of esters is 3. The molecule has 502 valence electrons. The van der Waals surface area contributed by atoms with E-state index < -0.39 is 91.5 Å². The molecule has 5 atom stereocenters. The zero-order valence-corrected chi connectivity index (χ0v) is 56.0. The van der Waals surface area contributed by atoms with Crippen LogP contribution in [0.1, 0.15) is 265 Å². The Hall–Kier alpha value is -3.53. The molecule has 0 aliphatic rings. The number of phosphoric acid groups is 2. The first-order valence-electron chi connectivity index (χ1n) is 33.5. The summed E-state index contributed by atoms with van der Waals surface area (Å²) in [5.74, 6) is -1.60. The van der Waals surface area contributed by atoms with Crippen molar-refractivity contribution in [3.63, 3.8) is 0 Å². The second-order valence-corrected chi connectivity index (χ2v) is 25.1. The third kappa shape index (κ3) is 63.8. The Morgan fingerprint density at radius 2 is 0.609 bits per heavy atom. The van der Waals surface area contributed by atoms with Crippen LogP contribution in [0.5, 0.6) is 0 Å². The molecule has 0 heterocycles. The molecule has 0 fully saturated rings. The first kappa shape index (κ1) is 83.5. The van der Waals surface area contributed by atoms with Crippen molar-refractivity contribution in [1.82, 2.24) is 0 Å². The summed E-state index contributed by atoms with van der Waals surface area (Å²) in [6, 6.07) is 0. The molecule has 0 aromatic rings. The lowest BCUT2D eigenvalue weighted by molar-refractivity contribution is -0.161. The van der Waals surface area contributed by atoms with Gasteiger partial charge in [-0.25, -0.2) is 9.13 Å². The quantitative estimate of drug-likeness (QED) is 0.0146. The molecule has 0 aromatic carbocycles. The van der Waals surface area contributed by atoms with Crippen LogP contribution in [0.4, 0.5) is 0 Å². The summed E-state index contributed by atoms with van der Waals surface area (Å²) in [5.41, 5.74) is 0. The zero-order chi connectivity index (χ0) is 63.8. The highest BCUT2D eigenvalue weighted by atomic mass is 31.2. The molecule has 0 saturated heterocycles. The van der Waals surface area contributed by atoms with Crippen molar-refractivity contribution in [1.29, 1.82) is 0 Å². The average molecular weight is 1270 g/mol. The number of hydrogen-bond donors (Lipinski definition) is 4. The SMILES string of the molecule is CC/C=C\C/C=C\C/C=C\C/C=C\C/C=C\CCCCCCCCCC(=O)OCC(O)COP(=O)(O)OCC(O)COP(=O)(O)OCC(COC(=O)CCCCCCC/C=C\C/C=C\C/C=C\CC)OC(=O)CCCCCCCCCCCCCCC. The Balaban J connectivity index is 4.58. The van der Waals surface area contributed by atoms with Gasteiger partial charge < -0.3 is 34.2 Å². The topological polar surface area (TPSA) is 231 Å². The summed E-state index contributed by atoms with van der Waals surface area (Å²) in [7, 11) is -9.77. The van der Waals surface area contributed by atoms with Crippen LogP contribution in [0.2, 0.25) is 0 Å². The van der Waals surface area contributed by atoms with E-state index in [1.165, 1.54) is 51.4 Å². The molecule has 5 unspecified atom stereocenters. The van der Waals surface area contributed by atoms with Crippen LogP contribution in [-0.4, -0.2) is 95.9 Å². The summed E-state index contributed by atoms with van der Waals surface area (Å²) in [6.07, 6.45) is 67.5. The minimum Gasteiger partial charge on any atom is -0.463 e. The number of ether oxygens (including phenoxy) is 3. The molecule has 18 heteroatoms. The summed E-state index contributed by atoms with van der Waals surface area (Å²) in [6.45, 7) is 2.41. The van der Waals surface area contributed by atoms with E-state index in [1.807, 2.05) is 0 Å². The van der Waals surface area contributed by atoms with E-state index in [0.29, 0.717) is 19.3 Å². The highest BCUT2D eigenvalue weighted by molar-refractivity contribution is 7.47. The van der Waals surface area contributed by atoms with E-state index in [0.717, 1.165) is 154 Å². The van der Waals surface area contributed by atoms with Gasteiger partial charge in [0.1, 0.15) is 25.4 Å². The summed E-state index contributed by atoms with van der Waals surface area (Å²) < 4.78 is 60.8.